The third-order valence-electron chi connectivity index (χ3n) is 9.08. The number of nitrogens with zero attached hydrogens (tertiary/aromatic N) is 1. The van der Waals surface area contributed by atoms with Gasteiger partial charge in [0.1, 0.15) is 17.8 Å². The third-order valence-corrected chi connectivity index (χ3v) is 9.08. The summed E-state index contributed by atoms with van der Waals surface area (Å²) in [5.74, 6) is -0.911. The molecule has 11 heteroatoms. The normalized spacial score (nSPS) is 32.9. The van der Waals surface area contributed by atoms with Crippen LogP contribution in [-0.4, -0.2) is 115 Å². The zero-order valence-corrected chi connectivity index (χ0v) is 29.3. The van der Waals surface area contributed by atoms with Crippen molar-refractivity contribution in [2.24, 2.45) is 17.8 Å². The second-order valence-electron chi connectivity index (χ2n) is 13.6. The molecule has 2 rings (SSSR count). The lowest BCUT2D eigenvalue weighted by Gasteiger charge is -2.32. The van der Waals surface area contributed by atoms with Crippen molar-refractivity contribution in [3.8, 4) is 0 Å². The van der Waals surface area contributed by atoms with E-state index in [2.05, 4.69) is 19.2 Å². The zero-order chi connectivity index (χ0) is 34.6. The summed E-state index contributed by atoms with van der Waals surface area (Å²) in [6, 6.07) is 0. The number of nitrogens with one attached hydrogen (secondary N) is 1. The van der Waals surface area contributed by atoms with Gasteiger partial charge in [0, 0.05) is 31.4 Å². The van der Waals surface area contributed by atoms with Gasteiger partial charge in [0.25, 0.3) is 0 Å². The fourth-order valence-corrected chi connectivity index (χ4v) is 5.88. The van der Waals surface area contributed by atoms with Gasteiger partial charge >= 0.3 is 12.1 Å². The second-order valence-corrected chi connectivity index (χ2v) is 13.6. The van der Waals surface area contributed by atoms with E-state index in [1.54, 1.807) is 26.2 Å². The molecule has 2 aliphatic heterocycles. The monoisotopic (exact) mass is 652 g/mol. The van der Waals surface area contributed by atoms with Crippen LogP contribution >= 0.6 is 0 Å². The molecule has 2 heterocycles. The zero-order valence-electron chi connectivity index (χ0n) is 29.3. The number of alkyl carbamates (subject to hydrolysis) is 1. The molecule has 0 spiro atoms. The molecule has 0 aromatic heterocycles. The molecule has 0 saturated carbocycles. The smallest absolute Gasteiger partial charge is 0.407 e. The van der Waals surface area contributed by atoms with Gasteiger partial charge in [-0.1, -0.05) is 52.0 Å². The Labute approximate surface area is 276 Å². The highest BCUT2D eigenvalue weighted by molar-refractivity contribution is 5.70. The average molecular weight is 653 g/mol. The number of carbonyl (C=O) groups excluding carboxylic acids is 2. The van der Waals surface area contributed by atoms with Gasteiger partial charge in [0.2, 0.25) is 0 Å². The number of aliphatic hydroxyl groups excluding tert-OH is 2. The molecular formula is C35H60N2O9. The highest BCUT2D eigenvalue weighted by atomic mass is 16.6. The predicted octanol–water partition coefficient (Wildman–Crippen LogP) is 3.76. The summed E-state index contributed by atoms with van der Waals surface area (Å²) in [6.07, 6.45) is 6.34. The molecule has 46 heavy (non-hydrogen) atoms. The summed E-state index contributed by atoms with van der Waals surface area (Å²) < 4.78 is 22.9. The van der Waals surface area contributed by atoms with E-state index in [1.807, 2.05) is 58.0 Å². The van der Waals surface area contributed by atoms with E-state index in [9.17, 15) is 24.9 Å². The van der Waals surface area contributed by atoms with Gasteiger partial charge in [0.05, 0.1) is 30.8 Å². The first-order valence-corrected chi connectivity index (χ1v) is 16.7. The van der Waals surface area contributed by atoms with Crippen molar-refractivity contribution in [2.75, 3.05) is 34.3 Å². The Balaban J connectivity index is 2.16. The van der Waals surface area contributed by atoms with E-state index >= 15 is 0 Å². The number of esters is 1. The van der Waals surface area contributed by atoms with Gasteiger partial charge in [0.15, 0.2) is 6.10 Å². The van der Waals surface area contributed by atoms with E-state index in [0.29, 0.717) is 6.54 Å². The number of amides is 1. The molecule has 264 valence electrons. The molecule has 11 unspecified atom stereocenters. The van der Waals surface area contributed by atoms with Crippen molar-refractivity contribution in [1.29, 1.82) is 0 Å². The van der Waals surface area contributed by atoms with Gasteiger partial charge in [-0.3, -0.25) is 4.79 Å². The molecule has 11 nitrogen and oxygen atoms in total. The van der Waals surface area contributed by atoms with Crippen LogP contribution < -0.4 is 5.32 Å². The lowest BCUT2D eigenvalue weighted by Crippen LogP contribution is -2.44. The van der Waals surface area contributed by atoms with Crippen LogP contribution in [0.1, 0.15) is 73.6 Å². The molecule has 0 radical (unpaired) electrons. The minimum Gasteiger partial charge on any atom is -0.457 e. The van der Waals surface area contributed by atoms with Crippen LogP contribution in [0.2, 0.25) is 0 Å². The van der Waals surface area contributed by atoms with E-state index in [0.717, 1.165) is 25.0 Å². The van der Waals surface area contributed by atoms with Crippen LogP contribution in [0.4, 0.5) is 4.79 Å². The molecule has 11 atom stereocenters. The second kappa shape index (κ2) is 18.9. The highest BCUT2D eigenvalue weighted by Crippen LogP contribution is 2.37. The number of hydrogen-bond donors (Lipinski definition) is 4. The molecule has 0 aliphatic carbocycles. The molecule has 0 bridgehead atoms. The maximum absolute atomic E-state index is 12.8. The van der Waals surface area contributed by atoms with Crippen molar-refractivity contribution in [3.63, 3.8) is 0 Å². The van der Waals surface area contributed by atoms with Crippen LogP contribution in [-0.2, 0) is 23.7 Å². The van der Waals surface area contributed by atoms with E-state index in [-0.39, 0.29) is 55.3 Å². The number of methoxy groups -OCH3 is 1. The number of ether oxygens (including phenoxy) is 4. The van der Waals surface area contributed by atoms with Crippen LogP contribution in [0.5, 0.6) is 0 Å². The van der Waals surface area contributed by atoms with Gasteiger partial charge in [-0.05, 0) is 71.8 Å². The molecule has 0 aromatic carbocycles. The predicted molar refractivity (Wildman–Crippen MR) is 177 cm³/mol. The molecule has 4 N–H and O–H groups in total. The molecule has 1 fully saturated rings. The maximum Gasteiger partial charge on any atom is 0.407 e. The van der Waals surface area contributed by atoms with Crippen molar-refractivity contribution in [1.82, 2.24) is 10.2 Å². The Bertz CT molecular complexity index is 1040. The van der Waals surface area contributed by atoms with Crippen LogP contribution in [0.15, 0.2) is 36.0 Å². The molecule has 1 saturated heterocycles. The fourth-order valence-electron chi connectivity index (χ4n) is 5.88. The van der Waals surface area contributed by atoms with E-state index in [1.165, 1.54) is 0 Å². The number of cyclic esters (lactones) is 1. The topological polar surface area (TPSA) is 150 Å². The highest BCUT2D eigenvalue weighted by Gasteiger charge is 2.50. The Morgan fingerprint density at radius 2 is 1.96 bits per heavy atom. The third kappa shape index (κ3) is 12.7. The minimum atomic E-state index is -1.48. The van der Waals surface area contributed by atoms with Crippen molar-refractivity contribution in [2.45, 2.75) is 122 Å². The molecule has 2 aliphatic rings. The minimum absolute atomic E-state index is 0.0469. The molecular weight excluding hydrogens is 592 g/mol. The summed E-state index contributed by atoms with van der Waals surface area (Å²) in [4.78, 5) is 27.4. The summed E-state index contributed by atoms with van der Waals surface area (Å²) in [5, 5.41) is 35.4. The summed E-state index contributed by atoms with van der Waals surface area (Å²) in [5.41, 5.74) is -0.734. The SMILES string of the molecule is CCC(OC)C(C)C1OC1C(O)C(C)/C=C/C=C(\C)C1OC(=O)CC(O)CCC(C)(O)C(OC(=O)NCCCN(C)C)/C=C/C1C. The lowest BCUT2D eigenvalue weighted by molar-refractivity contribution is -0.151. The van der Waals surface area contributed by atoms with Crippen LogP contribution in [0.3, 0.4) is 0 Å². The van der Waals surface area contributed by atoms with Gasteiger partial charge in [-0.15, -0.1) is 0 Å². The Kier molecular flexibility index (Phi) is 16.4. The number of allylic oxidation sites excluding steroid dienone is 2. The van der Waals surface area contributed by atoms with Crippen LogP contribution in [0.25, 0.3) is 0 Å². The first kappa shape index (κ1) is 39.9. The van der Waals surface area contributed by atoms with Gasteiger partial charge < -0.3 is 44.5 Å². The molecule has 0 aromatic rings. The van der Waals surface area contributed by atoms with E-state index < -0.39 is 42.1 Å². The summed E-state index contributed by atoms with van der Waals surface area (Å²) in [6.45, 7) is 12.6. The number of aliphatic hydroxyl groups is 3. The average Bonchev–Trinajstić information content (AvgIpc) is 3.79. The van der Waals surface area contributed by atoms with Gasteiger partial charge in [-0.2, -0.15) is 0 Å². The van der Waals surface area contributed by atoms with Gasteiger partial charge in [-0.25, -0.2) is 4.79 Å². The maximum atomic E-state index is 12.8. The summed E-state index contributed by atoms with van der Waals surface area (Å²) >= 11 is 0. The van der Waals surface area contributed by atoms with Crippen molar-refractivity contribution < 1.29 is 43.9 Å². The number of hydrogen-bond acceptors (Lipinski definition) is 10. The van der Waals surface area contributed by atoms with Crippen LogP contribution in [0, 0.1) is 17.8 Å². The Morgan fingerprint density at radius 1 is 1.26 bits per heavy atom. The van der Waals surface area contributed by atoms with Crippen molar-refractivity contribution >= 4 is 12.1 Å². The number of carbonyl (C=O) groups is 2. The first-order valence-electron chi connectivity index (χ1n) is 16.7. The largest absolute Gasteiger partial charge is 0.457 e. The summed E-state index contributed by atoms with van der Waals surface area (Å²) in [7, 11) is 5.60. The molecule has 1 amide bonds. The first-order chi connectivity index (χ1) is 21.6. The Hall–Kier alpha value is -2.28. The Morgan fingerprint density at radius 3 is 2.59 bits per heavy atom. The van der Waals surface area contributed by atoms with Crippen molar-refractivity contribution in [3.05, 3.63) is 36.0 Å². The number of rotatable bonds is 14. The van der Waals surface area contributed by atoms with E-state index in [4.69, 9.17) is 18.9 Å². The number of epoxide rings is 1. The lowest BCUT2D eigenvalue weighted by atomic mass is 9.88. The standard InChI is InChI=1S/C35H60N2O9/c1-10-27(43-9)25(5)32-33(46-32)30(40)22(2)13-11-14-23(3)31-24(4)15-16-28(44-34(41)36-19-12-20-37(7)8)35(6,42)18-17-26(38)21-29(39)45-31/h11,13-16,22,24-28,30-33,38,40,42H,10,12,17-21H2,1-9H3,(H,36,41)/b13-11+,16-15+,23-14+. The fraction of sp³-hybridized carbons (Fsp3) is 0.771. The quantitative estimate of drug-likeness (QED) is 0.0718.